The molecule has 8 nitrogen and oxygen atoms in total. The minimum atomic E-state index is -1.28. The predicted molar refractivity (Wildman–Crippen MR) is 106 cm³/mol. The van der Waals surface area contributed by atoms with Crippen molar-refractivity contribution in [3.8, 4) is 0 Å². The molecule has 5 rings (SSSR count). The number of anilines is 1. The molecule has 0 aliphatic carbocycles. The topological polar surface area (TPSA) is 78.5 Å². The van der Waals surface area contributed by atoms with Gasteiger partial charge in [-0.05, 0) is 52.0 Å². The van der Waals surface area contributed by atoms with Gasteiger partial charge < -0.3 is 29.0 Å². The number of benzene rings is 1. The second kappa shape index (κ2) is 6.19. The van der Waals surface area contributed by atoms with Crippen molar-refractivity contribution in [2.75, 3.05) is 11.5 Å². The van der Waals surface area contributed by atoms with Gasteiger partial charge in [-0.25, -0.2) is 0 Å². The summed E-state index contributed by atoms with van der Waals surface area (Å²) in [6.07, 6.45) is -2.60. The quantitative estimate of drug-likeness (QED) is 0.724. The molecule has 0 aromatic heterocycles. The number of fused-ring (bicyclic) bond motifs is 2. The van der Waals surface area contributed by atoms with Crippen LogP contribution in [-0.2, 0) is 28.5 Å². The Labute approximate surface area is 174 Å². The maximum absolute atomic E-state index is 13.9. The summed E-state index contributed by atoms with van der Waals surface area (Å²) in [4.78, 5) is 15.4. The number of nitrogens with zero attached hydrogens (tertiary/aromatic N) is 1. The molecule has 4 aliphatic heterocycles. The highest BCUT2D eigenvalue weighted by Gasteiger charge is 2.73. The number of hydrogen-bond donors (Lipinski definition) is 1. The van der Waals surface area contributed by atoms with Gasteiger partial charge in [-0.2, -0.15) is 0 Å². The normalized spacial score (nSPS) is 39.9. The summed E-state index contributed by atoms with van der Waals surface area (Å²) >= 11 is 5.57. The van der Waals surface area contributed by atoms with E-state index < -0.39 is 41.7 Å². The molecule has 0 saturated carbocycles. The molecule has 1 N–H and O–H groups in total. The highest BCUT2D eigenvalue weighted by molar-refractivity contribution is 7.80. The van der Waals surface area contributed by atoms with Crippen molar-refractivity contribution < 1.29 is 28.5 Å². The number of carbonyl (C=O) groups is 1. The first-order valence-electron chi connectivity index (χ1n) is 9.68. The van der Waals surface area contributed by atoms with Gasteiger partial charge in [0.2, 0.25) is 0 Å². The minimum Gasteiger partial charge on any atom is -0.348 e. The number of carbonyl (C=O) groups excluding carboxylic acids is 1. The zero-order valence-electron chi connectivity index (χ0n) is 16.7. The fraction of sp³-hybridized carbons (Fsp3) is 0.600. The first-order valence-corrected chi connectivity index (χ1v) is 10.1. The summed E-state index contributed by atoms with van der Waals surface area (Å²) in [6, 6.07) is 9.27. The molecule has 0 bridgehead atoms. The minimum absolute atomic E-state index is 0.249. The van der Waals surface area contributed by atoms with E-state index >= 15 is 0 Å². The second-order valence-corrected chi connectivity index (χ2v) is 9.01. The van der Waals surface area contributed by atoms with Crippen LogP contribution in [0.25, 0.3) is 0 Å². The first-order chi connectivity index (χ1) is 13.6. The molecule has 0 radical (unpaired) electrons. The van der Waals surface area contributed by atoms with E-state index in [1.54, 1.807) is 13.8 Å². The molecule has 156 valence electrons. The average Bonchev–Trinajstić information content (AvgIpc) is 3.31. The van der Waals surface area contributed by atoms with Crippen molar-refractivity contribution in [2.24, 2.45) is 0 Å². The van der Waals surface area contributed by atoms with Crippen molar-refractivity contribution in [1.29, 1.82) is 0 Å². The zero-order valence-corrected chi connectivity index (χ0v) is 17.5. The van der Waals surface area contributed by atoms with Gasteiger partial charge in [0.1, 0.15) is 18.3 Å². The van der Waals surface area contributed by atoms with Gasteiger partial charge in [0.25, 0.3) is 5.91 Å². The van der Waals surface area contributed by atoms with E-state index in [-0.39, 0.29) is 12.5 Å². The maximum Gasteiger partial charge on any atom is 0.264 e. The fourth-order valence-corrected chi connectivity index (χ4v) is 4.91. The van der Waals surface area contributed by atoms with Crippen LogP contribution in [0.15, 0.2) is 30.3 Å². The third-order valence-electron chi connectivity index (χ3n) is 5.69. The predicted octanol–water partition coefficient (Wildman–Crippen LogP) is 1.67. The van der Waals surface area contributed by atoms with Crippen molar-refractivity contribution >= 4 is 28.9 Å². The molecular formula is C20H24N2O6S. The third kappa shape index (κ3) is 2.83. The fourth-order valence-electron chi connectivity index (χ4n) is 4.56. The highest BCUT2D eigenvalue weighted by Crippen LogP contribution is 2.48. The van der Waals surface area contributed by atoms with Crippen LogP contribution in [0.4, 0.5) is 5.69 Å². The maximum atomic E-state index is 13.9. The first kappa shape index (κ1) is 19.3. The van der Waals surface area contributed by atoms with Gasteiger partial charge in [0, 0.05) is 0 Å². The SMILES string of the molecule is CC1(C)OC[C@H]([C@H]2O[C@@H]3OC(C)(C)O[C@@H]3[C@]23NC(=S)N(c2ccccc2)C3=O)O1. The van der Waals surface area contributed by atoms with E-state index in [0.29, 0.717) is 10.8 Å². The number of rotatable bonds is 2. The Balaban J connectivity index is 1.56. The Kier molecular flexibility index (Phi) is 4.13. The van der Waals surface area contributed by atoms with E-state index in [0.717, 1.165) is 0 Å². The lowest BCUT2D eigenvalue weighted by Crippen LogP contribution is -2.64. The van der Waals surface area contributed by atoms with Crippen LogP contribution in [-0.4, -0.2) is 59.3 Å². The molecule has 5 atom stereocenters. The number of ether oxygens (including phenoxy) is 5. The molecule has 4 heterocycles. The summed E-state index contributed by atoms with van der Waals surface area (Å²) in [6.45, 7) is 7.53. The lowest BCUT2D eigenvalue weighted by atomic mass is 9.85. The van der Waals surface area contributed by atoms with E-state index in [1.807, 2.05) is 44.2 Å². The lowest BCUT2D eigenvalue weighted by Gasteiger charge is -2.35. The lowest BCUT2D eigenvalue weighted by molar-refractivity contribution is -0.228. The summed E-state index contributed by atoms with van der Waals surface area (Å²) in [7, 11) is 0. The van der Waals surface area contributed by atoms with Crippen molar-refractivity contribution in [3.63, 3.8) is 0 Å². The zero-order chi connectivity index (χ0) is 20.6. The number of thiocarbonyl (C=S) groups is 1. The van der Waals surface area contributed by atoms with Crippen molar-refractivity contribution in [2.45, 2.75) is 69.4 Å². The van der Waals surface area contributed by atoms with E-state index in [2.05, 4.69) is 5.32 Å². The molecule has 4 aliphatic rings. The summed E-state index contributed by atoms with van der Waals surface area (Å²) < 4.78 is 30.1. The smallest absolute Gasteiger partial charge is 0.264 e. The van der Waals surface area contributed by atoms with Crippen molar-refractivity contribution in [3.05, 3.63) is 30.3 Å². The molecule has 4 fully saturated rings. The van der Waals surface area contributed by atoms with Crippen LogP contribution >= 0.6 is 12.2 Å². The molecule has 1 spiro atoms. The summed E-state index contributed by atoms with van der Waals surface area (Å²) in [5.41, 5.74) is -0.601. The highest BCUT2D eigenvalue weighted by atomic mass is 32.1. The van der Waals surface area contributed by atoms with Crippen molar-refractivity contribution in [1.82, 2.24) is 5.32 Å². The van der Waals surface area contributed by atoms with Crippen LogP contribution in [0.3, 0.4) is 0 Å². The van der Waals surface area contributed by atoms with E-state index in [9.17, 15) is 4.79 Å². The molecule has 1 aromatic carbocycles. The molecule has 9 heteroatoms. The monoisotopic (exact) mass is 420 g/mol. The Bertz CT molecular complexity index is 862. The number of hydrogen-bond acceptors (Lipinski definition) is 7. The van der Waals surface area contributed by atoms with Gasteiger partial charge in [-0.3, -0.25) is 9.69 Å². The summed E-state index contributed by atoms with van der Waals surface area (Å²) in [5, 5.41) is 3.53. The van der Waals surface area contributed by atoms with Crippen LogP contribution in [0.1, 0.15) is 27.7 Å². The Hall–Kier alpha value is -1.62. The molecule has 1 amide bonds. The molecule has 4 saturated heterocycles. The van der Waals surface area contributed by atoms with Gasteiger partial charge >= 0.3 is 0 Å². The van der Waals surface area contributed by atoms with E-state index in [4.69, 9.17) is 35.9 Å². The Morgan fingerprint density at radius 2 is 1.76 bits per heavy atom. The number of nitrogens with one attached hydrogen (secondary N) is 1. The van der Waals surface area contributed by atoms with Gasteiger partial charge in [-0.1, -0.05) is 18.2 Å². The third-order valence-corrected chi connectivity index (χ3v) is 5.98. The largest absolute Gasteiger partial charge is 0.348 e. The molecular weight excluding hydrogens is 396 g/mol. The van der Waals surface area contributed by atoms with Gasteiger partial charge in [0.15, 0.2) is 28.5 Å². The van der Waals surface area contributed by atoms with Gasteiger partial charge in [0.05, 0.1) is 12.3 Å². The van der Waals surface area contributed by atoms with Crippen LogP contribution in [0.2, 0.25) is 0 Å². The number of amides is 1. The number of para-hydroxylation sites is 1. The Morgan fingerprint density at radius 1 is 1.03 bits per heavy atom. The van der Waals surface area contributed by atoms with Crippen LogP contribution in [0.5, 0.6) is 0 Å². The second-order valence-electron chi connectivity index (χ2n) is 8.62. The van der Waals surface area contributed by atoms with Crippen LogP contribution < -0.4 is 10.2 Å². The van der Waals surface area contributed by atoms with E-state index in [1.165, 1.54) is 4.90 Å². The van der Waals surface area contributed by atoms with Crippen LogP contribution in [0, 0.1) is 0 Å². The average molecular weight is 420 g/mol. The standard InChI is InChI=1S/C20H24N2O6S/c1-18(2)24-10-12(26-18)13-20(14-15(25-13)28-19(3,4)27-14)16(23)22(17(29)21-20)11-8-6-5-7-9-11/h5-9,12-15H,10H2,1-4H3,(H,21,29)/t12-,13-,14+,15-,20-/m1/s1. The van der Waals surface area contributed by atoms with Gasteiger partial charge in [-0.15, -0.1) is 0 Å². The Morgan fingerprint density at radius 3 is 2.41 bits per heavy atom. The molecule has 29 heavy (non-hydrogen) atoms. The molecule has 0 unspecified atom stereocenters. The molecule has 1 aromatic rings. The summed E-state index contributed by atoms with van der Waals surface area (Å²) in [5.74, 6) is -1.90.